The molecule has 140 valence electrons. The molecule has 0 aliphatic rings. The number of phenols is 1. The molecule has 0 saturated heterocycles. The van der Waals surface area contributed by atoms with Crippen LogP contribution in [0, 0.1) is 6.92 Å². The van der Waals surface area contributed by atoms with E-state index in [0.717, 1.165) is 22.5 Å². The van der Waals surface area contributed by atoms with Crippen LogP contribution in [0.1, 0.15) is 21.5 Å². The molecule has 0 spiro atoms. The van der Waals surface area contributed by atoms with Crippen molar-refractivity contribution in [2.75, 3.05) is 4.72 Å². The fourth-order valence-corrected chi connectivity index (χ4v) is 4.43. The second kappa shape index (κ2) is 7.81. The van der Waals surface area contributed by atoms with Crippen LogP contribution in [0.2, 0.25) is 0 Å². The van der Waals surface area contributed by atoms with E-state index in [1.165, 1.54) is 24.3 Å². The van der Waals surface area contributed by atoms with Crippen molar-refractivity contribution in [1.82, 2.24) is 5.32 Å². The highest BCUT2D eigenvalue weighted by molar-refractivity contribution is 7.94. The molecule has 3 N–H and O–H groups in total. The number of aryl methyl sites for hydroxylation is 1. The van der Waals surface area contributed by atoms with Crippen molar-refractivity contribution in [1.29, 1.82) is 0 Å². The van der Waals surface area contributed by atoms with Gasteiger partial charge < -0.3 is 10.4 Å². The molecule has 27 heavy (non-hydrogen) atoms. The van der Waals surface area contributed by atoms with Crippen molar-refractivity contribution in [2.45, 2.75) is 17.7 Å². The average molecular weight is 402 g/mol. The first kappa shape index (κ1) is 18.9. The van der Waals surface area contributed by atoms with Gasteiger partial charge in [-0.15, -0.1) is 11.3 Å². The third-order valence-electron chi connectivity index (χ3n) is 3.83. The van der Waals surface area contributed by atoms with Crippen LogP contribution in [0.25, 0.3) is 0 Å². The van der Waals surface area contributed by atoms with Gasteiger partial charge in [0.2, 0.25) is 0 Å². The SMILES string of the molecule is Cc1ccc(CNC(=O)c2ccc(NS(=O)(=O)c3cccs3)cc2O)cc1. The van der Waals surface area contributed by atoms with Gasteiger partial charge in [-0.1, -0.05) is 35.9 Å². The van der Waals surface area contributed by atoms with Gasteiger partial charge in [0.05, 0.1) is 11.3 Å². The van der Waals surface area contributed by atoms with E-state index < -0.39 is 15.9 Å². The van der Waals surface area contributed by atoms with Crippen molar-refractivity contribution in [2.24, 2.45) is 0 Å². The van der Waals surface area contributed by atoms with Crippen molar-refractivity contribution in [3.63, 3.8) is 0 Å². The molecule has 1 aromatic heterocycles. The Labute approximate surface area is 161 Å². The first-order chi connectivity index (χ1) is 12.8. The highest BCUT2D eigenvalue weighted by atomic mass is 32.2. The van der Waals surface area contributed by atoms with E-state index in [0.29, 0.717) is 6.54 Å². The summed E-state index contributed by atoms with van der Waals surface area (Å²) in [6.45, 7) is 2.31. The number of thiophene rings is 1. The summed E-state index contributed by atoms with van der Waals surface area (Å²) in [6.07, 6.45) is 0. The molecule has 0 unspecified atom stereocenters. The predicted octanol–water partition coefficient (Wildman–Crippen LogP) is 3.49. The summed E-state index contributed by atoms with van der Waals surface area (Å²) in [4.78, 5) is 12.3. The quantitative estimate of drug-likeness (QED) is 0.588. The van der Waals surface area contributed by atoms with E-state index in [2.05, 4.69) is 10.0 Å². The van der Waals surface area contributed by atoms with Crippen LogP contribution >= 0.6 is 11.3 Å². The number of nitrogens with one attached hydrogen (secondary N) is 2. The van der Waals surface area contributed by atoms with E-state index in [4.69, 9.17) is 0 Å². The molecule has 0 bridgehead atoms. The maximum atomic E-state index is 12.3. The van der Waals surface area contributed by atoms with Gasteiger partial charge in [-0.25, -0.2) is 8.42 Å². The number of sulfonamides is 1. The molecule has 6 nitrogen and oxygen atoms in total. The van der Waals surface area contributed by atoms with Gasteiger partial charge in [-0.05, 0) is 36.1 Å². The molecule has 0 atom stereocenters. The lowest BCUT2D eigenvalue weighted by atomic mass is 10.1. The number of rotatable bonds is 6. The molecule has 0 aliphatic heterocycles. The van der Waals surface area contributed by atoms with Gasteiger partial charge in [0.25, 0.3) is 15.9 Å². The Hall–Kier alpha value is -2.84. The zero-order chi connectivity index (χ0) is 19.4. The minimum absolute atomic E-state index is 0.0705. The van der Waals surface area contributed by atoms with Gasteiger partial charge in [-0.2, -0.15) is 0 Å². The Morgan fingerprint density at radius 1 is 1.11 bits per heavy atom. The lowest BCUT2D eigenvalue weighted by molar-refractivity contribution is 0.0948. The molecular formula is C19H18N2O4S2. The average Bonchev–Trinajstić information content (AvgIpc) is 3.16. The molecule has 3 aromatic rings. The van der Waals surface area contributed by atoms with Gasteiger partial charge in [-0.3, -0.25) is 9.52 Å². The van der Waals surface area contributed by atoms with Crippen molar-refractivity contribution < 1.29 is 18.3 Å². The fraction of sp³-hybridized carbons (Fsp3) is 0.105. The van der Waals surface area contributed by atoms with Crippen LogP contribution in [0.15, 0.2) is 64.2 Å². The lowest BCUT2D eigenvalue weighted by Gasteiger charge is -2.10. The molecule has 0 aliphatic carbocycles. The number of carbonyl (C=O) groups is 1. The number of amides is 1. The van der Waals surface area contributed by atoms with Gasteiger partial charge in [0.15, 0.2) is 0 Å². The monoisotopic (exact) mass is 402 g/mol. The minimum Gasteiger partial charge on any atom is -0.507 e. The van der Waals surface area contributed by atoms with Gasteiger partial charge in [0.1, 0.15) is 9.96 Å². The minimum atomic E-state index is -3.71. The third kappa shape index (κ3) is 4.66. The fourth-order valence-electron chi connectivity index (χ4n) is 2.39. The van der Waals surface area contributed by atoms with E-state index in [1.54, 1.807) is 11.4 Å². The highest BCUT2D eigenvalue weighted by Crippen LogP contribution is 2.25. The van der Waals surface area contributed by atoms with Crippen LogP contribution in [-0.4, -0.2) is 19.4 Å². The molecule has 1 heterocycles. The number of carbonyl (C=O) groups excluding carboxylic acids is 1. The molecule has 8 heteroatoms. The normalized spacial score (nSPS) is 11.1. The molecular weight excluding hydrogens is 384 g/mol. The molecule has 0 saturated carbocycles. The van der Waals surface area contributed by atoms with Crippen molar-refractivity contribution in [3.8, 4) is 5.75 Å². The van der Waals surface area contributed by atoms with E-state index in [1.807, 2.05) is 31.2 Å². The smallest absolute Gasteiger partial charge is 0.271 e. The Bertz CT molecular complexity index is 1040. The molecule has 3 rings (SSSR count). The zero-order valence-electron chi connectivity index (χ0n) is 14.5. The predicted molar refractivity (Wildman–Crippen MR) is 106 cm³/mol. The second-order valence-corrected chi connectivity index (χ2v) is 8.79. The first-order valence-electron chi connectivity index (χ1n) is 8.08. The number of aromatic hydroxyl groups is 1. The van der Waals surface area contributed by atoms with E-state index in [-0.39, 0.29) is 21.2 Å². The number of hydrogen-bond donors (Lipinski definition) is 3. The number of benzene rings is 2. The van der Waals surface area contributed by atoms with E-state index >= 15 is 0 Å². The van der Waals surface area contributed by atoms with Crippen LogP contribution in [0.3, 0.4) is 0 Å². The van der Waals surface area contributed by atoms with Crippen LogP contribution in [0.5, 0.6) is 5.75 Å². The van der Waals surface area contributed by atoms with E-state index in [9.17, 15) is 18.3 Å². The molecule has 0 fully saturated rings. The Kier molecular flexibility index (Phi) is 5.48. The Balaban J connectivity index is 1.69. The summed E-state index contributed by atoms with van der Waals surface area (Å²) in [6, 6.07) is 14.9. The molecule has 1 amide bonds. The maximum absolute atomic E-state index is 12.3. The summed E-state index contributed by atoms with van der Waals surface area (Å²) < 4.78 is 27.0. The number of anilines is 1. The van der Waals surface area contributed by atoms with Crippen molar-refractivity contribution >= 4 is 33.0 Å². The van der Waals surface area contributed by atoms with Crippen molar-refractivity contribution in [3.05, 3.63) is 76.7 Å². The molecule has 2 aromatic carbocycles. The summed E-state index contributed by atoms with van der Waals surface area (Å²) in [5.41, 5.74) is 2.31. The largest absolute Gasteiger partial charge is 0.507 e. The van der Waals surface area contributed by atoms with Crippen LogP contribution < -0.4 is 10.0 Å². The summed E-state index contributed by atoms with van der Waals surface area (Å²) in [5, 5.41) is 14.5. The summed E-state index contributed by atoms with van der Waals surface area (Å²) in [7, 11) is -3.71. The zero-order valence-corrected chi connectivity index (χ0v) is 16.1. The van der Waals surface area contributed by atoms with Crippen LogP contribution in [-0.2, 0) is 16.6 Å². The Morgan fingerprint density at radius 3 is 2.48 bits per heavy atom. The number of phenolic OH excluding ortho intramolecular Hbond substituents is 1. The first-order valence-corrected chi connectivity index (χ1v) is 10.4. The van der Waals surface area contributed by atoms with Crippen LogP contribution in [0.4, 0.5) is 5.69 Å². The Morgan fingerprint density at radius 2 is 1.85 bits per heavy atom. The standard InChI is InChI=1S/C19H18N2O4S2/c1-13-4-6-14(7-5-13)12-20-19(23)16-9-8-15(11-17(16)22)21-27(24,25)18-3-2-10-26-18/h2-11,21-22H,12H2,1H3,(H,20,23). The van der Waals surface area contributed by atoms with Gasteiger partial charge >= 0.3 is 0 Å². The highest BCUT2D eigenvalue weighted by Gasteiger charge is 2.17. The maximum Gasteiger partial charge on any atom is 0.271 e. The third-order valence-corrected chi connectivity index (χ3v) is 6.61. The summed E-state index contributed by atoms with van der Waals surface area (Å²) >= 11 is 1.09. The lowest BCUT2D eigenvalue weighted by Crippen LogP contribution is -2.23. The molecule has 0 radical (unpaired) electrons. The topological polar surface area (TPSA) is 95.5 Å². The van der Waals surface area contributed by atoms with Gasteiger partial charge in [0, 0.05) is 12.6 Å². The number of hydrogen-bond acceptors (Lipinski definition) is 5. The summed E-state index contributed by atoms with van der Waals surface area (Å²) in [5.74, 6) is -0.747. The second-order valence-electron chi connectivity index (χ2n) is 5.94.